The van der Waals surface area contributed by atoms with Gasteiger partial charge in [0.15, 0.2) is 0 Å². The molecular weight excluding hydrogens is 236 g/mol. The fourth-order valence-corrected chi connectivity index (χ4v) is 2.16. The topological polar surface area (TPSA) is 48.1 Å². The molecule has 1 heterocycles. The molecule has 0 saturated heterocycles. The molecule has 2 aromatic rings. The first kappa shape index (κ1) is 13.7. The third-order valence-electron chi connectivity index (χ3n) is 3.08. The van der Waals surface area contributed by atoms with Crippen LogP contribution in [-0.4, -0.2) is 11.6 Å². The van der Waals surface area contributed by atoms with E-state index < -0.39 is 0 Å². The minimum atomic E-state index is -0.213. The summed E-state index contributed by atoms with van der Waals surface area (Å²) in [5.41, 5.74) is 9.57. The second-order valence-corrected chi connectivity index (χ2v) is 4.61. The first-order valence-corrected chi connectivity index (χ1v) is 6.56. The van der Waals surface area contributed by atoms with Crippen molar-refractivity contribution in [2.75, 3.05) is 6.61 Å². The fourth-order valence-electron chi connectivity index (χ4n) is 2.16. The number of ether oxygens (including phenoxy) is 1. The molecule has 0 amide bonds. The van der Waals surface area contributed by atoms with Gasteiger partial charge in [0, 0.05) is 19.0 Å². The highest BCUT2D eigenvalue weighted by Gasteiger charge is 2.21. The molecule has 0 fully saturated rings. The summed E-state index contributed by atoms with van der Waals surface area (Å²) < 4.78 is 5.83. The standard InChI is InChI=1S/C16H20N2O/c1-3-19-16(13-7-5-4-6-8-13)15(17)14-9-12(2)10-18-11-14/h4-11,15-16H,3,17H2,1-2H3. The van der Waals surface area contributed by atoms with Crippen molar-refractivity contribution in [2.45, 2.75) is 26.0 Å². The monoisotopic (exact) mass is 256 g/mol. The number of pyridine rings is 1. The SMILES string of the molecule is CCOC(c1ccccc1)C(N)c1cncc(C)c1. The molecule has 0 radical (unpaired) electrons. The summed E-state index contributed by atoms with van der Waals surface area (Å²) in [5, 5.41) is 0. The number of aryl methyl sites for hydroxylation is 1. The number of benzene rings is 1. The third-order valence-corrected chi connectivity index (χ3v) is 3.08. The predicted octanol–water partition coefficient (Wildman–Crippen LogP) is 3.17. The Labute approximate surface area is 114 Å². The summed E-state index contributed by atoms with van der Waals surface area (Å²) >= 11 is 0. The lowest BCUT2D eigenvalue weighted by Gasteiger charge is -2.24. The number of hydrogen-bond acceptors (Lipinski definition) is 3. The van der Waals surface area contributed by atoms with Gasteiger partial charge in [-0.1, -0.05) is 36.4 Å². The van der Waals surface area contributed by atoms with Crippen molar-refractivity contribution in [1.82, 2.24) is 4.98 Å². The van der Waals surface area contributed by atoms with E-state index in [1.165, 1.54) is 0 Å². The molecule has 2 N–H and O–H groups in total. The Morgan fingerprint density at radius 2 is 1.89 bits per heavy atom. The van der Waals surface area contributed by atoms with Crippen LogP contribution < -0.4 is 5.73 Å². The third kappa shape index (κ3) is 3.40. The lowest BCUT2D eigenvalue weighted by Crippen LogP contribution is -2.22. The van der Waals surface area contributed by atoms with Gasteiger partial charge in [-0.05, 0) is 30.5 Å². The maximum Gasteiger partial charge on any atom is 0.102 e. The molecule has 0 aliphatic heterocycles. The second kappa shape index (κ2) is 6.45. The molecule has 1 aromatic heterocycles. The summed E-state index contributed by atoms with van der Waals surface area (Å²) in [4.78, 5) is 4.21. The van der Waals surface area contributed by atoms with Gasteiger partial charge in [0.05, 0.1) is 6.04 Å². The van der Waals surface area contributed by atoms with Crippen molar-refractivity contribution in [3.05, 3.63) is 65.5 Å². The molecule has 3 heteroatoms. The molecular formula is C16H20N2O. The van der Waals surface area contributed by atoms with Crippen molar-refractivity contribution in [3.8, 4) is 0 Å². The van der Waals surface area contributed by atoms with E-state index in [1.807, 2.05) is 56.6 Å². The van der Waals surface area contributed by atoms with Crippen molar-refractivity contribution >= 4 is 0 Å². The minimum Gasteiger partial charge on any atom is -0.372 e. The van der Waals surface area contributed by atoms with E-state index in [4.69, 9.17) is 10.5 Å². The molecule has 0 saturated carbocycles. The van der Waals surface area contributed by atoms with Crippen molar-refractivity contribution in [2.24, 2.45) is 5.73 Å². The van der Waals surface area contributed by atoms with E-state index in [0.29, 0.717) is 6.61 Å². The lowest BCUT2D eigenvalue weighted by atomic mass is 9.97. The van der Waals surface area contributed by atoms with Crippen LogP contribution in [0, 0.1) is 6.92 Å². The highest BCUT2D eigenvalue weighted by molar-refractivity contribution is 5.26. The lowest BCUT2D eigenvalue weighted by molar-refractivity contribution is 0.0428. The van der Waals surface area contributed by atoms with Gasteiger partial charge in [-0.25, -0.2) is 0 Å². The Morgan fingerprint density at radius 1 is 1.16 bits per heavy atom. The van der Waals surface area contributed by atoms with Crippen LogP contribution in [0.25, 0.3) is 0 Å². The summed E-state index contributed by atoms with van der Waals surface area (Å²) in [7, 11) is 0. The van der Waals surface area contributed by atoms with E-state index in [9.17, 15) is 0 Å². The van der Waals surface area contributed by atoms with Crippen LogP contribution in [0.3, 0.4) is 0 Å². The maximum absolute atomic E-state index is 6.36. The summed E-state index contributed by atoms with van der Waals surface area (Å²) in [6.45, 7) is 4.63. The van der Waals surface area contributed by atoms with Gasteiger partial charge < -0.3 is 10.5 Å². The molecule has 2 rings (SSSR count). The Hall–Kier alpha value is -1.71. The second-order valence-electron chi connectivity index (χ2n) is 4.61. The summed E-state index contributed by atoms with van der Waals surface area (Å²) in [6.07, 6.45) is 3.50. The zero-order valence-electron chi connectivity index (χ0n) is 11.4. The number of nitrogens with two attached hydrogens (primary N) is 1. The average molecular weight is 256 g/mol. The van der Waals surface area contributed by atoms with Crippen molar-refractivity contribution in [1.29, 1.82) is 0 Å². The quantitative estimate of drug-likeness (QED) is 0.893. The van der Waals surface area contributed by atoms with Gasteiger partial charge in [0.1, 0.15) is 6.10 Å². The Balaban J connectivity index is 2.29. The number of rotatable bonds is 5. The number of aromatic nitrogens is 1. The number of nitrogens with zero attached hydrogens (tertiary/aromatic N) is 1. The fraction of sp³-hybridized carbons (Fsp3) is 0.312. The molecule has 0 spiro atoms. The highest BCUT2D eigenvalue weighted by atomic mass is 16.5. The van der Waals surface area contributed by atoms with Crippen LogP contribution in [0.2, 0.25) is 0 Å². The zero-order chi connectivity index (χ0) is 13.7. The van der Waals surface area contributed by atoms with Crippen molar-refractivity contribution in [3.63, 3.8) is 0 Å². The van der Waals surface area contributed by atoms with Gasteiger partial charge in [-0.15, -0.1) is 0 Å². The molecule has 1 aromatic carbocycles. The smallest absolute Gasteiger partial charge is 0.102 e. The van der Waals surface area contributed by atoms with Gasteiger partial charge in [0.25, 0.3) is 0 Å². The van der Waals surface area contributed by atoms with E-state index >= 15 is 0 Å². The average Bonchev–Trinajstić information content (AvgIpc) is 2.45. The van der Waals surface area contributed by atoms with Crippen LogP contribution in [0.1, 0.15) is 35.8 Å². The molecule has 2 atom stereocenters. The van der Waals surface area contributed by atoms with Crippen molar-refractivity contribution < 1.29 is 4.74 Å². The normalized spacial score (nSPS) is 14.1. The van der Waals surface area contributed by atoms with Gasteiger partial charge in [-0.3, -0.25) is 4.98 Å². The van der Waals surface area contributed by atoms with E-state index in [2.05, 4.69) is 11.1 Å². The largest absolute Gasteiger partial charge is 0.372 e. The first-order valence-electron chi connectivity index (χ1n) is 6.56. The van der Waals surface area contributed by atoms with Crippen LogP contribution >= 0.6 is 0 Å². The van der Waals surface area contributed by atoms with E-state index in [-0.39, 0.29) is 12.1 Å². The minimum absolute atomic E-state index is 0.144. The highest BCUT2D eigenvalue weighted by Crippen LogP contribution is 2.30. The van der Waals surface area contributed by atoms with Gasteiger partial charge >= 0.3 is 0 Å². The molecule has 2 unspecified atom stereocenters. The molecule has 0 bridgehead atoms. The van der Waals surface area contributed by atoms with Crippen LogP contribution in [0.15, 0.2) is 48.8 Å². The van der Waals surface area contributed by atoms with Crippen LogP contribution in [0.4, 0.5) is 0 Å². The Morgan fingerprint density at radius 3 is 2.53 bits per heavy atom. The summed E-state index contributed by atoms with van der Waals surface area (Å²) in [5.74, 6) is 0. The van der Waals surface area contributed by atoms with Crippen LogP contribution in [-0.2, 0) is 4.74 Å². The maximum atomic E-state index is 6.36. The molecule has 0 aliphatic carbocycles. The first-order chi connectivity index (χ1) is 9.22. The van der Waals surface area contributed by atoms with Crippen LogP contribution in [0.5, 0.6) is 0 Å². The van der Waals surface area contributed by atoms with E-state index in [1.54, 1.807) is 0 Å². The predicted molar refractivity (Wildman–Crippen MR) is 76.7 cm³/mol. The molecule has 100 valence electrons. The van der Waals surface area contributed by atoms with E-state index in [0.717, 1.165) is 16.7 Å². The molecule has 19 heavy (non-hydrogen) atoms. The zero-order valence-corrected chi connectivity index (χ0v) is 11.4. The summed E-state index contributed by atoms with van der Waals surface area (Å²) in [6, 6.07) is 11.9. The Bertz CT molecular complexity index is 513. The molecule has 0 aliphatic rings. The van der Waals surface area contributed by atoms with Gasteiger partial charge in [0.2, 0.25) is 0 Å². The number of hydrogen-bond donors (Lipinski definition) is 1. The Kier molecular flexibility index (Phi) is 4.66. The van der Waals surface area contributed by atoms with Gasteiger partial charge in [-0.2, -0.15) is 0 Å². The molecule has 3 nitrogen and oxygen atoms in total.